The van der Waals surface area contributed by atoms with Gasteiger partial charge in [-0.2, -0.15) is 21.9 Å². The van der Waals surface area contributed by atoms with Crippen molar-refractivity contribution >= 4 is 37.0 Å². The molecule has 0 amide bonds. The van der Waals surface area contributed by atoms with Gasteiger partial charge in [0.25, 0.3) is 10.1 Å². The van der Waals surface area contributed by atoms with E-state index in [0.29, 0.717) is 5.39 Å². The van der Waals surface area contributed by atoms with Gasteiger partial charge >= 0.3 is 10.4 Å². The summed E-state index contributed by atoms with van der Waals surface area (Å²) in [4.78, 5) is -0.684. The molecule has 0 heterocycles. The monoisotopic (exact) mass is 332 g/mol. The zero-order valence-electron chi connectivity index (χ0n) is 10.1. The van der Waals surface area contributed by atoms with Gasteiger partial charge in [0.15, 0.2) is 5.75 Å². The molecule has 2 aromatic carbocycles. The number of benzene rings is 2. The average Bonchev–Trinajstić information content (AvgIpc) is 2.34. The molecule has 0 atom stereocenters. The van der Waals surface area contributed by atoms with E-state index in [-0.39, 0.29) is 5.39 Å². The lowest BCUT2D eigenvalue weighted by molar-refractivity contribution is 0.388. The Kier molecular flexibility index (Phi) is 3.67. The number of hydrogen-bond acceptors (Lipinski definition) is 7. The summed E-state index contributed by atoms with van der Waals surface area (Å²) in [5.74, 6) is -0.425. The first-order chi connectivity index (χ1) is 9.63. The van der Waals surface area contributed by atoms with Crippen LogP contribution in [-0.2, 0) is 20.5 Å². The highest BCUT2D eigenvalue weighted by molar-refractivity contribution is 7.86. The molecule has 0 unspecified atom stereocenters. The van der Waals surface area contributed by atoms with Crippen LogP contribution < -0.4 is 4.18 Å². The van der Waals surface area contributed by atoms with Gasteiger partial charge in [0.1, 0.15) is 10.6 Å². The lowest BCUT2D eigenvalue weighted by Gasteiger charge is -2.10. The second kappa shape index (κ2) is 5.04. The van der Waals surface area contributed by atoms with E-state index < -0.39 is 36.8 Å². The summed E-state index contributed by atoms with van der Waals surface area (Å²) in [7, 11) is -9.54. The van der Waals surface area contributed by atoms with Gasteiger partial charge in [0.2, 0.25) is 0 Å². The van der Waals surface area contributed by atoms with E-state index in [9.17, 15) is 16.8 Å². The Balaban J connectivity index is 2.93. The predicted octanol–water partition coefficient (Wildman–Crippen LogP) is 1.93. The van der Waals surface area contributed by atoms with Crippen LogP contribution in [0.5, 0.6) is 5.75 Å². The van der Waals surface area contributed by atoms with Crippen molar-refractivity contribution in [3.8, 4) is 5.75 Å². The second-order valence-electron chi connectivity index (χ2n) is 3.86. The van der Waals surface area contributed by atoms with Crippen LogP contribution in [0.2, 0.25) is 0 Å². The first-order valence-corrected chi connectivity index (χ1v) is 8.01. The maximum Gasteiger partial charge on any atom is 0.446 e. The highest BCUT2D eigenvalue weighted by atomic mass is 32.3. The van der Waals surface area contributed by atoms with Gasteiger partial charge in [-0.05, 0) is 17.5 Å². The van der Waals surface area contributed by atoms with Crippen molar-refractivity contribution in [2.24, 2.45) is 5.11 Å². The van der Waals surface area contributed by atoms with Crippen molar-refractivity contribution < 1.29 is 30.1 Å². The molecule has 0 bridgehead atoms. The topological polar surface area (TPSA) is 154 Å². The fraction of sp³-hybridized carbons (Fsp3) is 0. The molecule has 112 valence electrons. The van der Waals surface area contributed by atoms with Gasteiger partial charge in [-0.1, -0.05) is 18.2 Å². The lowest BCUT2D eigenvalue weighted by atomic mass is 10.1. The molecule has 0 spiro atoms. The van der Waals surface area contributed by atoms with E-state index in [1.807, 2.05) is 0 Å². The molecule has 0 aromatic heterocycles. The van der Waals surface area contributed by atoms with Crippen molar-refractivity contribution in [1.82, 2.24) is 0 Å². The minimum Gasteiger partial charge on any atom is -0.361 e. The van der Waals surface area contributed by atoms with Gasteiger partial charge in [-0.3, -0.25) is 9.11 Å². The normalized spacial score (nSPS) is 12.3. The third-order valence-electron chi connectivity index (χ3n) is 2.53. The number of hydrogen-bond donors (Lipinski definition) is 3. The zero-order valence-corrected chi connectivity index (χ0v) is 11.7. The SMILES string of the molecule is N=Nc1c(S(=O)(=O)O)ccc2cccc(OS(=O)(=O)O)c12. The van der Waals surface area contributed by atoms with Crippen molar-refractivity contribution in [3.63, 3.8) is 0 Å². The Morgan fingerprint density at radius 2 is 1.71 bits per heavy atom. The molecule has 0 radical (unpaired) electrons. The molecule has 9 nitrogen and oxygen atoms in total. The van der Waals surface area contributed by atoms with E-state index in [2.05, 4.69) is 9.30 Å². The third-order valence-corrected chi connectivity index (χ3v) is 3.80. The largest absolute Gasteiger partial charge is 0.446 e. The Morgan fingerprint density at radius 1 is 1.05 bits per heavy atom. The Hall–Kier alpha value is -2.08. The fourth-order valence-electron chi connectivity index (χ4n) is 1.81. The summed E-state index contributed by atoms with van der Waals surface area (Å²) < 4.78 is 66.3. The van der Waals surface area contributed by atoms with Crippen LogP contribution in [0.1, 0.15) is 0 Å². The molecule has 0 fully saturated rings. The maximum absolute atomic E-state index is 11.3. The zero-order chi connectivity index (χ0) is 15.8. The first kappa shape index (κ1) is 15.3. The molecule has 3 N–H and O–H groups in total. The molecule has 2 rings (SSSR count). The molecular weight excluding hydrogens is 324 g/mol. The quantitative estimate of drug-likeness (QED) is 0.570. The standard InChI is InChI=1S/C10H8N2O7S2/c11-12-10-8(20(13,14)15)5-4-6-2-1-3-7(9(6)10)19-21(16,17)18/h1-5,11H,(H,13,14,15)(H,16,17,18). The van der Waals surface area contributed by atoms with Crippen molar-refractivity contribution in [2.45, 2.75) is 4.90 Å². The molecule has 2 aromatic rings. The molecule has 11 heteroatoms. The molecule has 0 aliphatic heterocycles. The highest BCUT2D eigenvalue weighted by Gasteiger charge is 2.21. The van der Waals surface area contributed by atoms with Crippen molar-refractivity contribution in [3.05, 3.63) is 30.3 Å². The van der Waals surface area contributed by atoms with Crippen LogP contribution >= 0.6 is 0 Å². The van der Waals surface area contributed by atoms with Crippen molar-refractivity contribution in [2.75, 3.05) is 0 Å². The summed E-state index contributed by atoms with van der Waals surface area (Å²) in [6, 6.07) is 6.29. The van der Waals surface area contributed by atoms with Crippen LogP contribution in [0.15, 0.2) is 40.3 Å². The number of rotatable bonds is 4. The van der Waals surface area contributed by atoms with E-state index >= 15 is 0 Å². The van der Waals surface area contributed by atoms with E-state index in [4.69, 9.17) is 14.6 Å². The van der Waals surface area contributed by atoms with Gasteiger partial charge in [-0.15, -0.1) is 0 Å². The average molecular weight is 332 g/mol. The highest BCUT2D eigenvalue weighted by Crippen LogP contribution is 2.39. The fourth-order valence-corrected chi connectivity index (χ4v) is 2.81. The number of fused-ring (bicyclic) bond motifs is 1. The molecule has 0 aliphatic carbocycles. The van der Waals surface area contributed by atoms with Crippen LogP contribution in [0.25, 0.3) is 10.8 Å². The van der Waals surface area contributed by atoms with Crippen molar-refractivity contribution in [1.29, 1.82) is 5.53 Å². The predicted molar refractivity (Wildman–Crippen MR) is 70.7 cm³/mol. The van der Waals surface area contributed by atoms with Gasteiger partial charge in [-0.25, -0.2) is 5.53 Å². The molecule has 0 aliphatic rings. The van der Waals surface area contributed by atoms with Gasteiger partial charge in [0.05, 0.1) is 5.39 Å². The summed E-state index contributed by atoms with van der Waals surface area (Å²) in [6.07, 6.45) is 0. The summed E-state index contributed by atoms with van der Waals surface area (Å²) in [6.45, 7) is 0. The van der Waals surface area contributed by atoms with Crippen LogP contribution in [0.3, 0.4) is 0 Å². The third kappa shape index (κ3) is 3.16. The van der Waals surface area contributed by atoms with E-state index in [1.54, 1.807) is 0 Å². The van der Waals surface area contributed by atoms with E-state index in [0.717, 1.165) is 12.1 Å². The molecule has 0 saturated carbocycles. The van der Waals surface area contributed by atoms with Crippen LogP contribution in [0, 0.1) is 5.53 Å². The number of nitrogens with zero attached hydrogens (tertiary/aromatic N) is 1. The minimum absolute atomic E-state index is 0.153. The summed E-state index contributed by atoms with van der Waals surface area (Å²) >= 11 is 0. The van der Waals surface area contributed by atoms with Crippen LogP contribution in [-0.4, -0.2) is 25.9 Å². The Morgan fingerprint density at radius 3 is 2.24 bits per heavy atom. The molecule has 21 heavy (non-hydrogen) atoms. The van der Waals surface area contributed by atoms with Gasteiger partial charge in [0, 0.05) is 0 Å². The van der Waals surface area contributed by atoms with Crippen LogP contribution in [0.4, 0.5) is 5.69 Å². The molecule has 0 saturated heterocycles. The Labute approximate surface area is 119 Å². The second-order valence-corrected chi connectivity index (χ2v) is 6.28. The molecular formula is C10H8N2O7S2. The number of nitrogens with one attached hydrogen (secondary N) is 1. The Bertz CT molecular complexity index is 935. The van der Waals surface area contributed by atoms with E-state index in [1.165, 1.54) is 18.2 Å². The minimum atomic E-state index is -4.86. The summed E-state index contributed by atoms with van der Waals surface area (Å²) in [5.41, 5.74) is 6.55. The van der Waals surface area contributed by atoms with Gasteiger partial charge < -0.3 is 4.18 Å². The first-order valence-electron chi connectivity index (χ1n) is 5.21. The smallest absolute Gasteiger partial charge is 0.361 e. The lowest BCUT2D eigenvalue weighted by Crippen LogP contribution is -2.07. The maximum atomic E-state index is 11.3. The summed E-state index contributed by atoms with van der Waals surface area (Å²) in [5, 5.41) is 3.16.